The molecule has 2 heterocycles. The van der Waals surface area contributed by atoms with E-state index in [9.17, 15) is 14.7 Å². The number of aliphatic hydroxyl groups is 1. The van der Waals surface area contributed by atoms with Crippen molar-refractivity contribution in [1.29, 1.82) is 0 Å². The third-order valence-corrected chi connectivity index (χ3v) is 6.36. The number of aromatic hydroxyl groups is 1. The van der Waals surface area contributed by atoms with Crippen molar-refractivity contribution in [2.75, 3.05) is 45.0 Å². The predicted octanol–water partition coefficient (Wildman–Crippen LogP) is 3.53. The lowest BCUT2D eigenvalue weighted by Crippen LogP contribution is -2.39. The van der Waals surface area contributed by atoms with Gasteiger partial charge < -0.3 is 38.9 Å². The van der Waals surface area contributed by atoms with Crippen LogP contribution < -0.4 is 10.7 Å². The van der Waals surface area contributed by atoms with Gasteiger partial charge in [0.25, 0.3) is 5.91 Å². The maximum Gasteiger partial charge on any atom is 0.290 e. The van der Waals surface area contributed by atoms with Crippen LogP contribution in [0.3, 0.4) is 0 Å². The summed E-state index contributed by atoms with van der Waals surface area (Å²) in [7, 11) is 0. The minimum atomic E-state index is -0.852. The van der Waals surface area contributed by atoms with Crippen molar-refractivity contribution in [2.24, 2.45) is 5.92 Å². The molecule has 0 unspecified atom stereocenters. The molecule has 3 atom stereocenters. The second-order valence-electron chi connectivity index (χ2n) is 8.89. The van der Waals surface area contributed by atoms with Crippen molar-refractivity contribution < 1.29 is 38.4 Å². The number of phenolic OH excluding ortho intramolecular Hbond substituents is 1. The van der Waals surface area contributed by atoms with E-state index >= 15 is 0 Å². The smallest absolute Gasteiger partial charge is 0.290 e. The van der Waals surface area contributed by atoms with Crippen LogP contribution in [0.5, 0.6) is 5.75 Å². The number of aliphatic hydroxyl groups excluding tert-OH is 1. The number of ether oxygens (including phenoxy) is 4. The zero-order chi connectivity index (χ0) is 27.6. The highest BCUT2D eigenvalue weighted by Gasteiger charge is 2.39. The van der Waals surface area contributed by atoms with Gasteiger partial charge in [-0.05, 0) is 43.7 Å². The fourth-order valence-electron chi connectivity index (χ4n) is 4.49. The first-order valence-electron chi connectivity index (χ1n) is 12.9. The Morgan fingerprint density at radius 1 is 1.03 bits per heavy atom. The summed E-state index contributed by atoms with van der Waals surface area (Å²) in [6.07, 6.45) is 2.62. The number of hydrogen-bond donors (Lipinski definition) is 3. The van der Waals surface area contributed by atoms with Gasteiger partial charge in [0.15, 0.2) is 11.2 Å². The fourth-order valence-corrected chi connectivity index (χ4v) is 4.49. The van der Waals surface area contributed by atoms with Crippen molar-refractivity contribution >= 4 is 22.6 Å². The monoisotopic (exact) mass is 539 g/mol. The second-order valence-corrected chi connectivity index (χ2v) is 8.89. The Morgan fingerprint density at radius 2 is 1.77 bits per heavy atom. The van der Waals surface area contributed by atoms with Gasteiger partial charge in [-0.1, -0.05) is 24.3 Å². The van der Waals surface area contributed by atoms with Crippen molar-refractivity contribution in [3.05, 3.63) is 82.4 Å². The Bertz CT molecular complexity index is 1340. The Hall–Kier alpha value is -3.70. The number of allylic oxidation sites excluding steroid dienone is 1. The van der Waals surface area contributed by atoms with Crippen LogP contribution in [0, 0.1) is 5.92 Å². The summed E-state index contributed by atoms with van der Waals surface area (Å²) in [4.78, 5) is 26.8. The van der Waals surface area contributed by atoms with Crippen LogP contribution in [0.2, 0.25) is 0 Å². The molecule has 10 nitrogen and oxygen atoms in total. The quantitative estimate of drug-likeness (QED) is 0.220. The number of benzene rings is 2. The molecule has 3 aromatic rings. The van der Waals surface area contributed by atoms with E-state index in [1.807, 2.05) is 6.92 Å². The molecular formula is C29H33NO9. The van der Waals surface area contributed by atoms with E-state index in [1.165, 1.54) is 12.3 Å². The number of hydrogen-bond acceptors (Lipinski definition) is 9. The third kappa shape index (κ3) is 7.04. The van der Waals surface area contributed by atoms with Crippen molar-refractivity contribution in [1.82, 2.24) is 0 Å². The first kappa shape index (κ1) is 28.3. The lowest BCUT2D eigenvalue weighted by Gasteiger charge is -2.36. The van der Waals surface area contributed by atoms with Gasteiger partial charge in [0, 0.05) is 30.6 Å². The number of rotatable bonds is 13. The molecule has 208 valence electrons. The van der Waals surface area contributed by atoms with E-state index in [2.05, 4.69) is 5.32 Å². The Kier molecular flexibility index (Phi) is 10.1. The molecule has 10 heteroatoms. The van der Waals surface area contributed by atoms with Gasteiger partial charge in [-0.15, -0.1) is 0 Å². The van der Waals surface area contributed by atoms with Crippen molar-refractivity contribution in [3.8, 4) is 5.75 Å². The Labute approximate surface area is 225 Å². The number of carbonyl (C=O) groups excluding carboxylic acids is 1. The van der Waals surface area contributed by atoms with E-state index in [1.54, 1.807) is 48.5 Å². The molecule has 39 heavy (non-hydrogen) atoms. The van der Waals surface area contributed by atoms with Gasteiger partial charge in [-0.25, -0.2) is 0 Å². The zero-order valence-electron chi connectivity index (χ0n) is 21.7. The molecule has 1 aliphatic heterocycles. The van der Waals surface area contributed by atoms with Gasteiger partial charge in [0.2, 0.25) is 6.29 Å². The molecular weight excluding hydrogens is 506 g/mol. The molecule has 0 bridgehead atoms. The highest BCUT2D eigenvalue weighted by Crippen LogP contribution is 2.38. The maximum absolute atomic E-state index is 13.6. The number of carbonyl (C=O) groups is 1. The summed E-state index contributed by atoms with van der Waals surface area (Å²) in [6.45, 7) is 3.30. The van der Waals surface area contributed by atoms with Gasteiger partial charge in [-0.3, -0.25) is 9.59 Å². The van der Waals surface area contributed by atoms with Crippen LogP contribution in [0.1, 0.15) is 24.8 Å². The van der Waals surface area contributed by atoms with E-state index in [-0.39, 0.29) is 41.8 Å². The minimum Gasteiger partial charge on any atom is -0.506 e. The summed E-state index contributed by atoms with van der Waals surface area (Å²) in [5.41, 5.74) is 0.842. The standard InChI is InChI=1S/C29H33NO9/c1-2-37-29-19(11-13-35-15-16-36-14-12-31)21(22-18-38-25-10-6-3-7-20(25)27(22)33)17-26(39-29)28(34)30-23-8-4-5-9-24(23)32/h3-10,17-19,21,29,31-32H,2,11-16H2,1H3,(H,30,34)/t19-,21+,29-/m1/s1. The van der Waals surface area contributed by atoms with Crippen LogP contribution in [-0.4, -0.2) is 62.1 Å². The van der Waals surface area contributed by atoms with E-state index in [0.29, 0.717) is 49.4 Å². The minimum absolute atomic E-state index is 0.0381. The summed E-state index contributed by atoms with van der Waals surface area (Å²) in [5, 5.41) is 22.0. The highest BCUT2D eigenvalue weighted by atomic mass is 16.7. The van der Waals surface area contributed by atoms with Crippen LogP contribution in [0.25, 0.3) is 11.0 Å². The average Bonchev–Trinajstić information content (AvgIpc) is 2.95. The molecule has 1 amide bonds. The number of para-hydroxylation sites is 3. The Morgan fingerprint density at radius 3 is 2.54 bits per heavy atom. The number of fused-ring (bicyclic) bond motifs is 1. The summed E-state index contributed by atoms with van der Waals surface area (Å²) in [5.74, 6) is -1.69. The molecule has 0 saturated heterocycles. The fraction of sp³-hybridized carbons (Fsp3) is 0.379. The molecule has 4 rings (SSSR count). The Balaban J connectivity index is 1.65. The lowest BCUT2D eigenvalue weighted by atomic mass is 9.81. The largest absolute Gasteiger partial charge is 0.506 e. The molecule has 0 radical (unpaired) electrons. The number of amides is 1. The summed E-state index contributed by atoms with van der Waals surface area (Å²) >= 11 is 0. The van der Waals surface area contributed by atoms with Gasteiger partial charge in [0.05, 0.1) is 43.8 Å². The van der Waals surface area contributed by atoms with E-state index in [4.69, 9.17) is 28.5 Å². The number of anilines is 1. The van der Waals surface area contributed by atoms with Crippen LogP contribution in [-0.2, 0) is 23.7 Å². The average molecular weight is 540 g/mol. The first-order valence-corrected chi connectivity index (χ1v) is 12.9. The van der Waals surface area contributed by atoms with E-state index in [0.717, 1.165) is 0 Å². The van der Waals surface area contributed by atoms with Crippen LogP contribution in [0.15, 0.2) is 75.8 Å². The molecule has 0 fully saturated rings. The lowest BCUT2D eigenvalue weighted by molar-refractivity contribution is -0.166. The normalized spacial score (nSPS) is 18.9. The van der Waals surface area contributed by atoms with Crippen LogP contribution in [0.4, 0.5) is 5.69 Å². The molecule has 1 aliphatic rings. The van der Waals surface area contributed by atoms with Gasteiger partial charge in [-0.2, -0.15) is 0 Å². The topological polar surface area (TPSA) is 137 Å². The predicted molar refractivity (Wildman–Crippen MR) is 143 cm³/mol. The maximum atomic E-state index is 13.6. The molecule has 0 spiro atoms. The molecule has 0 aliphatic carbocycles. The summed E-state index contributed by atoms with van der Waals surface area (Å²) < 4.78 is 28.7. The van der Waals surface area contributed by atoms with Gasteiger partial charge >= 0.3 is 0 Å². The highest BCUT2D eigenvalue weighted by molar-refractivity contribution is 6.03. The molecule has 2 aromatic carbocycles. The molecule has 1 aromatic heterocycles. The SMILES string of the molecule is CCO[C@@H]1OC(C(=O)Nc2ccccc2O)=C[C@H](c2coc3ccccc3c2=O)[C@H]1CCOCCOCCO. The van der Waals surface area contributed by atoms with Crippen LogP contribution >= 0.6 is 0 Å². The molecule has 0 saturated carbocycles. The zero-order valence-corrected chi connectivity index (χ0v) is 21.7. The first-order chi connectivity index (χ1) is 19.0. The van der Waals surface area contributed by atoms with Crippen molar-refractivity contribution in [3.63, 3.8) is 0 Å². The number of phenols is 1. The second kappa shape index (κ2) is 13.9. The number of nitrogens with one attached hydrogen (secondary N) is 1. The van der Waals surface area contributed by atoms with Crippen molar-refractivity contribution in [2.45, 2.75) is 25.6 Å². The van der Waals surface area contributed by atoms with E-state index < -0.39 is 18.1 Å². The van der Waals surface area contributed by atoms with Gasteiger partial charge in [0.1, 0.15) is 11.3 Å². The summed E-state index contributed by atoms with van der Waals surface area (Å²) in [6, 6.07) is 13.3. The third-order valence-electron chi connectivity index (χ3n) is 6.36. The molecule has 3 N–H and O–H groups in total.